The molecule has 2 aromatic rings. The minimum atomic E-state index is 0.874. The van der Waals surface area contributed by atoms with Gasteiger partial charge in [-0.15, -0.1) is 0 Å². The molecule has 5 heteroatoms. The first-order chi connectivity index (χ1) is 13.2. The van der Waals surface area contributed by atoms with E-state index < -0.39 is 0 Å². The van der Waals surface area contributed by atoms with Crippen LogP contribution in [0.3, 0.4) is 0 Å². The molecule has 1 aromatic carbocycles. The molecule has 2 bridgehead atoms. The maximum absolute atomic E-state index is 4.42. The van der Waals surface area contributed by atoms with Crippen molar-refractivity contribution in [2.45, 2.75) is 49.6 Å². The molecule has 4 nitrogen and oxygen atoms in total. The first kappa shape index (κ1) is 17.5. The predicted molar refractivity (Wildman–Crippen MR) is 110 cm³/mol. The molecule has 1 saturated carbocycles. The molecule has 0 amide bonds. The van der Waals surface area contributed by atoms with Gasteiger partial charge in [0.05, 0.1) is 5.69 Å². The minimum Gasteiger partial charge on any atom is -0.337 e. The van der Waals surface area contributed by atoms with Gasteiger partial charge in [0.1, 0.15) is 5.03 Å². The van der Waals surface area contributed by atoms with Gasteiger partial charge in [0, 0.05) is 36.9 Å². The van der Waals surface area contributed by atoms with Crippen LogP contribution in [0.4, 0.5) is 11.5 Å². The first-order valence-electron chi connectivity index (χ1n) is 10.3. The molecule has 2 aliphatic heterocycles. The first-order valence-corrected chi connectivity index (χ1v) is 11.1. The molecule has 4 unspecified atom stereocenters. The average Bonchev–Trinajstić information content (AvgIpc) is 2.69. The second kappa shape index (κ2) is 7.10. The summed E-state index contributed by atoms with van der Waals surface area (Å²) in [4.78, 5) is 12.8. The number of aromatic nitrogens is 2. The lowest BCUT2D eigenvalue weighted by Crippen LogP contribution is -2.50. The van der Waals surface area contributed by atoms with Crippen molar-refractivity contribution in [1.29, 1.82) is 0 Å². The number of rotatable bonds is 3. The second-order valence-corrected chi connectivity index (χ2v) is 9.54. The van der Waals surface area contributed by atoms with Gasteiger partial charge in [-0.2, -0.15) is 0 Å². The molecule has 0 radical (unpaired) electrons. The summed E-state index contributed by atoms with van der Waals surface area (Å²) in [5, 5.41) is 4.43. The maximum atomic E-state index is 4.42. The molecule has 3 aliphatic rings. The van der Waals surface area contributed by atoms with E-state index in [4.69, 9.17) is 0 Å². The summed E-state index contributed by atoms with van der Waals surface area (Å²) in [6.07, 6.45) is 7.71. The van der Waals surface area contributed by atoms with Crippen LogP contribution in [0.25, 0.3) is 0 Å². The third kappa shape index (κ3) is 3.25. The third-order valence-corrected chi connectivity index (χ3v) is 7.95. The monoisotopic (exact) mass is 380 g/mol. The van der Waals surface area contributed by atoms with Crippen LogP contribution in [0.15, 0.2) is 40.5 Å². The predicted octanol–water partition coefficient (Wildman–Crippen LogP) is 5.19. The van der Waals surface area contributed by atoms with Gasteiger partial charge in [-0.05, 0) is 47.8 Å². The SMILES string of the molecule is CCC1C2CCC(C)C1CN(Cc1ccc3c(c1)Nc1nccnc1S3)C2. The van der Waals surface area contributed by atoms with Gasteiger partial charge in [-0.3, -0.25) is 4.90 Å². The summed E-state index contributed by atoms with van der Waals surface area (Å²) in [6, 6.07) is 6.84. The molecule has 1 aliphatic carbocycles. The Morgan fingerprint density at radius 1 is 1.19 bits per heavy atom. The van der Waals surface area contributed by atoms with E-state index in [2.05, 4.69) is 52.2 Å². The Kier molecular flexibility index (Phi) is 4.60. The van der Waals surface area contributed by atoms with Gasteiger partial charge in [0.25, 0.3) is 0 Å². The van der Waals surface area contributed by atoms with Crippen LogP contribution in [0.2, 0.25) is 0 Å². The highest BCUT2D eigenvalue weighted by molar-refractivity contribution is 7.99. The van der Waals surface area contributed by atoms with Gasteiger partial charge in [0.15, 0.2) is 5.82 Å². The molecule has 4 atom stereocenters. The highest BCUT2D eigenvalue weighted by Crippen LogP contribution is 2.45. The fourth-order valence-electron chi connectivity index (χ4n) is 5.53. The lowest BCUT2D eigenvalue weighted by Gasteiger charge is -2.50. The van der Waals surface area contributed by atoms with Crippen LogP contribution in [-0.2, 0) is 6.54 Å². The summed E-state index contributed by atoms with van der Waals surface area (Å²) in [7, 11) is 0. The number of hydrogen-bond donors (Lipinski definition) is 1. The van der Waals surface area contributed by atoms with Crippen LogP contribution >= 0.6 is 11.8 Å². The lowest BCUT2D eigenvalue weighted by molar-refractivity contribution is -0.0131. The Morgan fingerprint density at radius 2 is 2.07 bits per heavy atom. The van der Waals surface area contributed by atoms with E-state index >= 15 is 0 Å². The van der Waals surface area contributed by atoms with Crippen molar-refractivity contribution in [2.24, 2.45) is 23.7 Å². The van der Waals surface area contributed by atoms with Gasteiger partial charge < -0.3 is 5.32 Å². The number of piperidine rings is 1. The van der Waals surface area contributed by atoms with Crippen molar-refractivity contribution in [3.05, 3.63) is 36.2 Å². The summed E-state index contributed by atoms with van der Waals surface area (Å²) in [6.45, 7) is 8.47. The average molecular weight is 381 g/mol. The molecular weight excluding hydrogens is 352 g/mol. The van der Waals surface area contributed by atoms with E-state index in [1.807, 2.05) is 0 Å². The van der Waals surface area contributed by atoms with E-state index in [0.29, 0.717) is 0 Å². The molecular formula is C22H28N4S. The van der Waals surface area contributed by atoms with Crippen molar-refractivity contribution in [3.63, 3.8) is 0 Å². The fraction of sp³-hybridized carbons (Fsp3) is 0.545. The smallest absolute Gasteiger partial charge is 0.163 e. The van der Waals surface area contributed by atoms with Crippen molar-refractivity contribution in [2.75, 3.05) is 18.4 Å². The Balaban J connectivity index is 1.33. The number of nitrogens with one attached hydrogen (secondary N) is 1. The maximum Gasteiger partial charge on any atom is 0.163 e. The summed E-state index contributed by atoms with van der Waals surface area (Å²) < 4.78 is 0. The summed E-state index contributed by atoms with van der Waals surface area (Å²) >= 11 is 1.70. The highest BCUT2D eigenvalue weighted by Gasteiger charge is 2.41. The van der Waals surface area contributed by atoms with Crippen LogP contribution in [0.1, 0.15) is 38.7 Å². The Hall–Kier alpha value is -1.59. The fourth-order valence-corrected chi connectivity index (χ4v) is 6.40. The van der Waals surface area contributed by atoms with E-state index in [1.54, 1.807) is 24.2 Å². The summed E-state index contributed by atoms with van der Waals surface area (Å²) in [5.41, 5.74) is 2.57. The van der Waals surface area contributed by atoms with Crippen LogP contribution in [-0.4, -0.2) is 28.0 Å². The number of anilines is 2. The molecule has 1 saturated heterocycles. The van der Waals surface area contributed by atoms with Gasteiger partial charge in [-0.25, -0.2) is 9.97 Å². The molecule has 27 heavy (non-hydrogen) atoms. The molecule has 3 heterocycles. The molecule has 1 aromatic heterocycles. The number of hydrogen-bond acceptors (Lipinski definition) is 5. The molecule has 5 rings (SSSR count). The zero-order chi connectivity index (χ0) is 18.4. The zero-order valence-electron chi connectivity index (χ0n) is 16.2. The Bertz CT molecular complexity index is 839. The Morgan fingerprint density at radius 3 is 2.96 bits per heavy atom. The highest BCUT2D eigenvalue weighted by atomic mass is 32.2. The number of fused-ring (bicyclic) bond motifs is 4. The summed E-state index contributed by atoms with van der Waals surface area (Å²) in [5.74, 6) is 4.49. The third-order valence-electron chi connectivity index (χ3n) is 6.89. The number of likely N-dealkylation sites (tertiary alicyclic amines) is 1. The van der Waals surface area contributed by atoms with Crippen LogP contribution < -0.4 is 5.32 Å². The van der Waals surface area contributed by atoms with E-state index in [9.17, 15) is 0 Å². The van der Waals surface area contributed by atoms with Gasteiger partial charge >= 0.3 is 0 Å². The van der Waals surface area contributed by atoms with Crippen molar-refractivity contribution >= 4 is 23.3 Å². The van der Waals surface area contributed by atoms with Crippen molar-refractivity contribution < 1.29 is 0 Å². The standard InChI is InChI=1S/C22H28N4S/c1-3-17-16-6-4-14(2)18(17)13-26(12-16)11-15-5-7-20-19(10-15)25-21-22(27-20)24-9-8-23-21/h5,7-10,14,16-18H,3-4,6,11-13H2,1-2H3,(H,23,25). The molecule has 2 fully saturated rings. The van der Waals surface area contributed by atoms with Crippen LogP contribution in [0, 0.1) is 23.7 Å². The largest absolute Gasteiger partial charge is 0.337 e. The van der Waals surface area contributed by atoms with E-state index in [1.165, 1.54) is 48.5 Å². The molecule has 142 valence electrons. The minimum absolute atomic E-state index is 0.874. The van der Waals surface area contributed by atoms with E-state index in [-0.39, 0.29) is 0 Å². The van der Waals surface area contributed by atoms with Crippen molar-refractivity contribution in [3.8, 4) is 0 Å². The van der Waals surface area contributed by atoms with Gasteiger partial charge in [-0.1, -0.05) is 44.5 Å². The number of nitrogens with zero attached hydrogens (tertiary/aromatic N) is 3. The molecule has 0 spiro atoms. The second-order valence-electron chi connectivity index (χ2n) is 8.51. The molecule has 1 N–H and O–H groups in total. The van der Waals surface area contributed by atoms with Crippen LogP contribution in [0.5, 0.6) is 0 Å². The van der Waals surface area contributed by atoms with E-state index in [0.717, 1.165) is 41.1 Å². The quantitative estimate of drug-likeness (QED) is 0.677. The topological polar surface area (TPSA) is 41.0 Å². The van der Waals surface area contributed by atoms with Crippen molar-refractivity contribution in [1.82, 2.24) is 14.9 Å². The lowest BCUT2D eigenvalue weighted by atomic mass is 9.63. The zero-order valence-corrected chi connectivity index (χ0v) is 17.0. The Labute approximate surface area is 166 Å². The normalized spacial score (nSPS) is 29.6. The van der Waals surface area contributed by atoms with Gasteiger partial charge in [0.2, 0.25) is 0 Å². The number of benzene rings is 1.